The summed E-state index contributed by atoms with van der Waals surface area (Å²) >= 11 is 5.85. The van der Waals surface area contributed by atoms with Gasteiger partial charge in [-0.2, -0.15) is 0 Å². The Morgan fingerprint density at radius 3 is 2.57 bits per heavy atom. The molecule has 0 saturated carbocycles. The molecule has 0 N–H and O–H groups in total. The number of hydrogen-bond acceptors (Lipinski definition) is 1. The molecule has 0 fully saturated rings. The maximum Gasteiger partial charge on any atom is 0.142 e. The molecule has 0 radical (unpaired) electrons. The summed E-state index contributed by atoms with van der Waals surface area (Å²) < 4.78 is 12.9. The zero-order valence-corrected chi connectivity index (χ0v) is 8.00. The van der Waals surface area contributed by atoms with Crippen molar-refractivity contribution in [3.63, 3.8) is 0 Å². The topological polar surface area (TPSA) is 12.9 Å². The maximum atomic E-state index is 12.9. The van der Waals surface area contributed by atoms with Crippen molar-refractivity contribution in [3.05, 3.63) is 53.6 Å². The molecule has 0 spiro atoms. The van der Waals surface area contributed by atoms with Crippen molar-refractivity contribution in [1.29, 1.82) is 0 Å². The predicted octanol–water partition coefficient (Wildman–Crippen LogP) is 3.54. The van der Waals surface area contributed by atoms with Gasteiger partial charge in [0.2, 0.25) is 0 Å². The summed E-state index contributed by atoms with van der Waals surface area (Å²) in [5, 5.41) is 0.317. The third-order valence-corrected chi connectivity index (χ3v) is 2.19. The predicted molar refractivity (Wildman–Crippen MR) is 54.6 cm³/mol. The highest BCUT2D eigenvalue weighted by atomic mass is 35.5. The minimum absolute atomic E-state index is 0.317. The Kier molecular flexibility index (Phi) is 2.46. The van der Waals surface area contributed by atoms with E-state index in [0.29, 0.717) is 10.7 Å². The molecule has 0 bridgehead atoms. The van der Waals surface area contributed by atoms with E-state index in [1.807, 2.05) is 30.3 Å². The highest BCUT2D eigenvalue weighted by Gasteiger charge is 2.04. The zero-order chi connectivity index (χ0) is 9.97. The van der Waals surface area contributed by atoms with Crippen LogP contribution in [-0.2, 0) is 0 Å². The molecular weight excluding hydrogens is 201 g/mol. The minimum atomic E-state index is -0.381. The molecule has 0 atom stereocenters. The van der Waals surface area contributed by atoms with Crippen molar-refractivity contribution in [2.45, 2.75) is 0 Å². The Morgan fingerprint density at radius 2 is 1.86 bits per heavy atom. The van der Waals surface area contributed by atoms with Gasteiger partial charge in [-0.15, -0.1) is 0 Å². The van der Waals surface area contributed by atoms with Gasteiger partial charge < -0.3 is 0 Å². The average Bonchev–Trinajstić information content (AvgIpc) is 2.23. The molecule has 1 aromatic carbocycles. The Labute approximate surface area is 86.2 Å². The van der Waals surface area contributed by atoms with Crippen molar-refractivity contribution < 1.29 is 4.39 Å². The lowest BCUT2D eigenvalue weighted by atomic mass is 10.1. The number of pyridine rings is 1. The highest BCUT2D eigenvalue weighted by Crippen LogP contribution is 2.25. The second kappa shape index (κ2) is 3.76. The molecule has 1 aromatic heterocycles. The lowest BCUT2D eigenvalue weighted by molar-refractivity contribution is 0.622. The fraction of sp³-hybridized carbons (Fsp3) is 0. The first-order valence-corrected chi connectivity index (χ1v) is 4.51. The first-order valence-electron chi connectivity index (χ1n) is 4.14. The average molecular weight is 208 g/mol. The van der Waals surface area contributed by atoms with Gasteiger partial charge in [-0.25, -0.2) is 9.37 Å². The molecule has 14 heavy (non-hydrogen) atoms. The van der Waals surface area contributed by atoms with E-state index in [0.717, 1.165) is 11.8 Å². The van der Waals surface area contributed by atoms with E-state index in [1.165, 1.54) is 6.07 Å². The van der Waals surface area contributed by atoms with Crippen LogP contribution >= 0.6 is 11.6 Å². The van der Waals surface area contributed by atoms with Crippen LogP contribution < -0.4 is 0 Å². The molecule has 3 heteroatoms. The smallest absolute Gasteiger partial charge is 0.142 e. The molecule has 0 aliphatic carbocycles. The van der Waals surface area contributed by atoms with E-state index in [1.54, 1.807) is 0 Å². The number of rotatable bonds is 1. The molecule has 70 valence electrons. The molecule has 1 nitrogen and oxygen atoms in total. The largest absolute Gasteiger partial charge is 0.241 e. The van der Waals surface area contributed by atoms with Crippen LogP contribution in [0.4, 0.5) is 4.39 Å². The summed E-state index contributed by atoms with van der Waals surface area (Å²) in [6.45, 7) is 0. The number of hydrogen-bond donors (Lipinski definition) is 0. The first kappa shape index (κ1) is 9.16. The Morgan fingerprint density at radius 1 is 1.14 bits per heavy atom. The summed E-state index contributed by atoms with van der Waals surface area (Å²) in [4.78, 5) is 3.75. The van der Waals surface area contributed by atoms with E-state index < -0.39 is 0 Å². The monoisotopic (exact) mass is 207 g/mol. The fourth-order valence-electron chi connectivity index (χ4n) is 1.24. The maximum absolute atomic E-state index is 12.9. The second-order valence-electron chi connectivity index (χ2n) is 2.86. The van der Waals surface area contributed by atoms with Crippen molar-refractivity contribution in [1.82, 2.24) is 4.98 Å². The Bertz CT molecular complexity index is 442. The number of nitrogens with zero attached hydrogens (tertiary/aromatic N) is 1. The number of halogens is 2. The molecule has 1 heterocycles. The SMILES string of the molecule is Fc1cnc(Cl)c(-c2ccccc2)c1. The Hall–Kier alpha value is -1.41. The molecule has 2 aromatic rings. The van der Waals surface area contributed by atoms with Crippen LogP contribution in [0.1, 0.15) is 0 Å². The van der Waals surface area contributed by atoms with Crippen LogP contribution in [0.2, 0.25) is 5.15 Å². The van der Waals surface area contributed by atoms with Crippen molar-refractivity contribution in [2.75, 3.05) is 0 Å². The fourth-order valence-corrected chi connectivity index (χ4v) is 1.46. The van der Waals surface area contributed by atoms with E-state index in [4.69, 9.17) is 11.6 Å². The summed E-state index contributed by atoms with van der Waals surface area (Å²) in [5.41, 5.74) is 1.48. The first-order chi connectivity index (χ1) is 6.77. The third kappa shape index (κ3) is 1.75. The molecule has 2 rings (SSSR count). The summed E-state index contributed by atoms with van der Waals surface area (Å²) in [7, 11) is 0. The standard InChI is InChI=1S/C11H7ClFN/c12-11-10(6-9(13)7-14-11)8-4-2-1-3-5-8/h1-7H. The molecule has 0 saturated heterocycles. The quantitative estimate of drug-likeness (QED) is 0.652. The normalized spacial score (nSPS) is 10.1. The molecule has 0 aliphatic rings. The minimum Gasteiger partial charge on any atom is -0.241 e. The Balaban J connectivity index is 2.57. The van der Waals surface area contributed by atoms with Gasteiger partial charge in [0.05, 0.1) is 6.20 Å². The number of aromatic nitrogens is 1. The van der Waals surface area contributed by atoms with Crippen LogP contribution in [0, 0.1) is 5.82 Å². The van der Waals surface area contributed by atoms with Gasteiger partial charge in [-0.1, -0.05) is 41.9 Å². The lowest BCUT2D eigenvalue weighted by Gasteiger charge is -2.02. The second-order valence-corrected chi connectivity index (χ2v) is 3.22. The highest BCUT2D eigenvalue weighted by molar-refractivity contribution is 6.32. The molecular formula is C11H7ClFN. The number of benzene rings is 1. The summed E-state index contributed by atoms with van der Waals surface area (Å²) in [5.74, 6) is -0.381. The van der Waals surface area contributed by atoms with Gasteiger partial charge >= 0.3 is 0 Å². The van der Waals surface area contributed by atoms with Crippen molar-refractivity contribution in [2.24, 2.45) is 0 Å². The van der Waals surface area contributed by atoms with Crippen LogP contribution in [0.25, 0.3) is 11.1 Å². The molecule has 0 unspecified atom stereocenters. The van der Waals surface area contributed by atoms with Crippen molar-refractivity contribution >= 4 is 11.6 Å². The van der Waals surface area contributed by atoms with E-state index in [-0.39, 0.29) is 5.82 Å². The molecule has 0 aliphatic heterocycles. The van der Waals surface area contributed by atoms with Gasteiger partial charge in [0.15, 0.2) is 0 Å². The third-order valence-electron chi connectivity index (χ3n) is 1.89. The summed E-state index contributed by atoms with van der Waals surface area (Å²) in [6.07, 6.45) is 1.11. The van der Waals surface area contributed by atoms with Crippen molar-refractivity contribution in [3.8, 4) is 11.1 Å². The zero-order valence-electron chi connectivity index (χ0n) is 7.24. The van der Waals surface area contributed by atoms with Gasteiger partial charge in [0.25, 0.3) is 0 Å². The molecule has 0 amide bonds. The van der Waals surface area contributed by atoms with Crippen LogP contribution in [0.15, 0.2) is 42.6 Å². The van der Waals surface area contributed by atoms with Crippen LogP contribution in [-0.4, -0.2) is 4.98 Å². The summed E-state index contributed by atoms with van der Waals surface area (Å²) in [6, 6.07) is 10.7. The van der Waals surface area contributed by atoms with E-state index in [2.05, 4.69) is 4.98 Å². The van der Waals surface area contributed by atoms with Gasteiger partial charge in [-0.05, 0) is 11.6 Å². The van der Waals surface area contributed by atoms with Crippen LogP contribution in [0.3, 0.4) is 0 Å². The van der Waals surface area contributed by atoms with E-state index in [9.17, 15) is 4.39 Å². The van der Waals surface area contributed by atoms with E-state index >= 15 is 0 Å². The van der Waals surface area contributed by atoms with Crippen LogP contribution in [0.5, 0.6) is 0 Å². The lowest BCUT2D eigenvalue weighted by Crippen LogP contribution is -1.85. The van der Waals surface area contributed by atoms with Gasteiger partial charge in [0, 0.05) is 5.56 Å². The van der Waals surface area contributed by atoms with Gasteiger partial charge in [0.1, 0.15) is 11.0 Å². The van der Waals surface area contributed by atoms with Gasteiger partial charge in [-0.3, -0.25) is 0 Å².